The standard InChI is InChI=1S/C22H16BrN3O5/c1-13-7-8-15(11-17(13)24-21(27)18-6-3-9-29-18)22(28)30-12-19-25-20(26-31-19)14-4-2-5-16(23)10-14/h2-11H,12H2,1H3,(H,24,27). The molecule has 0 saturated carbocycles. The summed E-state index contributed by atoms with van der Waals surface area (Å²) in [6.07, 6.45) is 1.41. The summed E-state index contributed by atoms with van der Waals surface area (Å²) in [5.74, 6) is -0.266. The van der Waals surface area contributed by atoms with Gasteiger partial charge in [0.2, 0.25) is 5.82 Å². The van der Waals surface area contributed by atoms with Crippen LogP contribution in [0.25, 0.3) is 11.4 Å². The predicted octanol–water partition coefficient (Wildman–Crippen LogP) is 5.01. The van der Waals surface area contributed by atoms with Crippen molar-refractivity contribution >= 4 is 33.5 Å². The fourth-order valence-corrected chi connectivity index (χ4v) is 3.14. The van der Waals surface area contributed by atoms with Gasteiger partial charge < -0.3 is 19.0 Å². The third-order valence-corrected chi connectivity index (χ3v) is 4.84. The van der Waals surface area contributed by atoms with Crippen molar-refractivity contribution in [3.8, 4) is 11.4 Å². The first kappa shape index (κ1) is 20.5. The van der Waals surface area contributed by atoms with E-state index in [4.69, 9.17) is 13.7 Å². The fourth-order valence-electron chi connectivity index (χ4n) is 2.74. The lowest BCUT2D eigenvalue weighted by molar-refractivity contribution is 0.0429. The van der Waals surface area contributed by atoms with E-state index in [0.29, 0.717) is 11.5 Å². The van der Waals surface area contributed by atoms with Crippen molar-refractivity contribution < 1.29 is 23.3 Å². The molecule has 156 valence electrons. The molecule has 0 atom stereocenters. The average molecular weight is 482 g/mol. The second kappa shape index (κ2) is 8.97. The van der Waals surface area contributed by atoms with E-state index < -0.39 is 11.9 Å². The number of esters is 1. The van der Waals surface area contributed by atoms with Crippen molar-refractivity contribution in [1.29, 1.82) is 0 Å². The van der Waals surface area contributed by atoms with Gasteiger partial charge in [-0.1, -0.05) is 39.3 Å². The van der Waals surface area contributed by atoms with Crippen molar-refractivity contribution in [2.45, 2.75) is 13.5 Å². The molecule has 9 heteroatoms. The molecule has 0 aliphatic carbocycles. The monoisotopic (exact) mass is 481 g/mol. The van der Waals surface area contributed by atoms with Gasteiger partial charge in [0, 0.05) is 15.7 Å². The smallest absolute Gasteiger partial charge is 0.338 e. The number of amides is 1. The maximum atomic E-state index is 12.5. The maximum Gasteiger partial charge on any atom is 0.338 e. The van der Waals surface area contributed by atoms with Gasteiger partial charge in [0.05, 0.1) is 11.8 Å². The molecule has 2 aromatic carbocycles. The Hall–Kier alpha value is -3.72. The number of hydrogen-bond acceptors (Lipinski definition) is 7. The summed E-state index contributed by atoms with van der Waals surface area (Å²) < 4.78 is 16.4. The van der Waals surface area contributed by atoms with Gasteiger partial charge in [-0.3, -0.25) is 4.79 Å². The molecule has 0 saturated heterocycles. The number of aryl methyl sites for hydroxylation is 1. The highest BCUT2D eigenvalue weighted by molar-refractivity contribution is 9.10. The van der Waals surface area contributed by atoms with Crippen LogP contribution in [0.1, 0.15) is 32.4 Å². The number of halogens is 1. The third kappa shape index (κ3) is 4.89. The van der Waals surface area contributed by atoms with Gasteiger partial charge in [-0.05, 0) is 48.9 Å². The Morgan fingerprint density at radius 2 is 2.00 bits per heavy atom. The SMILES string of the molecule is Cc1ccc(C(=O)OCc2nc(-c3cccc(Br)c3)no2)cc1NC(=O)c1ccco1. The van der Waals surface area contributed by atoms with Gasteiger partial charge in [0.25, 0.3) is 11.8 Å². The average Bonchev–Trinajstić information content (AvgIpc) is 3.46. The number of rotatable bonds is 6. The molecule has 2 aromatic heterocycles. The van der Waals surface area contributed by atoms with Crippen molar-refractivity contribution in [1.82, 2.24) is 10.1 Å². The second-order valence-electron chi connectivity index (χ2n) is 6.56. The summed E-state index contributed by atoms with van der Waals surface area (Å²) in [5, 5.41) is 6.63. The van der Waals surface area contributed by atoms with E-state index >= 15 is 0 Å². The van der Waals surface area contributed by atoms with Crippen LogP contribution in [0.2, 0.25) is 0 Å². The van der Waals surface area contributed by atoms with Crippen LogP contribution in [0.3, 0.4) is 0 Å². The minimum Gasteiger partial charge on any atom is -0.459 e. The van der Waals surface area contributed by atoms with Gasteiger partial charge in [-0.15, -0.1) is 0 Å². The molecule has 31 heavy (non-hydrogen) atoms. The van der Waals surface area contributed by atoms with Crippen molar-refractivity contribution in [3.63, 3.8) is 0 Å². The molecule has 8 nitrogen and oxygen atoms in total. The van der Waals surface area contributed by atoms with E-state index in [1.54, 1.807) is 30.3 Å². The van der Waals surface area contributed by atoms with Gasteiger partial charge >= 0.3 is 5.97 Å². The Labute approximate surface area is 185 Å². The van der Waals surface area contributed by atoms with Crippen LogP contribution >= 0.6 is 15.9 Å². The number of furan rings is 1. The van der Waals surface area contributed by atoms with Crippen LogP contribution in [0.4, 0.5) is 5.69 Å². The topological polar surface area (TPSA) is 107 Å². The van der Waals surface area contributed by atoms with Crippen LogP contribution in [0.5, 0.6) is 0 Å². The van der Waals surface area contributed by atoms with Crippen LogP contribution in [0, 0.1) is 6.92 Å². The number of nitrogens with one attached hydrogen (secondary N) is 1. The van der Waals surface area contributed by atoms with Crippen LogP contribution < -0.4 is 5.32 Å². The van der Waals surface area contributed by atoms with Gasteiger partial charge in [0.15, 0.2) is 12.4 Å². The Bertz CT molecular complexity index is 1230. The summed E-state index contributed by atoms with van der Waals surface area (Å²) in [7, 11) is 0. The summed E-state index contributed by atoms with van der Waals surface area (Å²) in [4.78, 5) is 28.9. The summed E-state index contributed by atoms with van der Waals surface area (Å²) >= 11 is 3.39. The number of nitrogens with zero attached hydrogens (tertiary/aromatic N) is 2. The molecule has 0 aliphatic rings. The number of anilines is 1. The Morgan fingerprint density at radius 3 is 2.77 bits per heavy atom. The van der Waals surface area contributed by atoms with E-state index in [2.05, 4.69) is 31.4 Å². The van der Waals surface area contributed by atoms with Crippen molar-refractivity contribution in [3.05, 3.63) is 88.1 Å². The zero-order valence-corrected chi connectivity index (χ0v) is 17.9. The minimum atomic E-state index is -0.587. The molecule has 0 bridgehead atoms. The molecule has 0 aliphatic heterocycles. The third-order valence-electron chi connectivity index (χ3n) is 4.34. The molecule has 0 unspecified atom stereocenters. The first-order valence-corrected chi connectivity index (χ1v) is 10.00. The fraction of sp³-hybridized carbons (Fsp3) is 0.0909. The highest BCUT2D eigenvalue weighted by atomic mass is 79.9. The van der Waals surface area contributed by atoms with Gasteiger partial charge in [-0.25, -0.2) is 4.79 Å². The van der Waals surface area contributed by atoms with Gasteiger partial charge in [-0.2, -0.15) is 4.98 Å². The van der Waals surface area contributed by atoms with Crippen LogP contribution in [0.15, 0.2) is 74.3 Å². The molecule has 0 spiro atoms. The molecule has 4 rings (SSSR count). The molecule has 1 N–H and O–H groups in total. The first-order valence-electron chi connectivity index (χ1n) is 9.21. The Morgan fingerprint density at radius 1 is 1.13 bits per heavy atom. The number of hydrogen-bond donors (Lipinski definition) is 1. The van der Waals surface area contributed by atoms with Crippen molar-refractivity contribution in [2.75, 3.05) is 5.32 Å². The lowest BCUT2D eigenvalue weighted by Crippen LogP contribution is -2.13. The zero-order valence-electron chi connectivity index (χ0n) is 16.3. The zero-order chi connectivity index (χ0) is 21.8. The van der Waals surface area contributed by atoms with E-state index in [9.17, 15) is 9.59 Å². The van der Waals surface area contributed by atoms with Crippen LogP contribution in [-0.4, -0.2) is 22.0 Å². The minimum absolute atomic E-state index is 0.168. The number of benzene rings is 2. The largest absolute Gasteiger partial charge is 0.459 e. The predicted molar refractivity (Wildman–Crippen MR) is 114 cm³/mol. The molecule has 1 amide bonds. The quantitative estimate of drug-likeness (QED) is 0.385. The number of carbonyl (C=O) groups is 2. The molecular formula is C22H16BrN3O5. The molecule has 4 aromatic rings. The maximum absolute atomic E-state index is 12.5. The highest BCUT2D eigenvalue weighted by Crippen LogP contribution is 2.21. The molecule has 0 fully saturated rings. The molecule has 0 radical (unpaired) electrons. The number of aromatic nitrogens is 2. The number of carbonyl (C=O) groups excluding carboxylic acids is 2. The molecule has 2 heterocycles. The second-order valence-corrected chi connectivity index (χ2v) is 7.48. The van der Waals surface area contributed by atoms with E-state index in [0.717, 1.165) is 15.6 Å². The summed E-state index contributed by atoms with van der Waals surface area (Å²) in [6.45, 7) is 1.64. The van der Waals surface area contributed by atoms with E-state index in [1.807, 2.05) is 31.2 Å². The summed E-state index contributed by atoms with van der Waals surface area (Å²) in [6, 6.07) is 15.5. The highest BCUT2D eigenvalue weighted by Gasteiger charge is 2.16. The molecular weight excluding hydrogens is 466 g/mol. The number of ether oxygens (including phenoxy) is 1. The normalized spacial score (nSPS) is 10.6. The lowest BCUT2D eigenvalue weighted by atomic mass is 10.1. The lowest BCUT2D eigenvalue weighted by Gasteiger charge is -2.09. The van der Waals surface area contributed by atoms with Gasteiger partial charge in [0.1, 0.15) is 0 Å². The Balaban J connectivity index is 1.41. The van der Waals surface area contributed by atoms with E-state index in [-0.39, 0.29) is 23.8 Å². The summed E-state index contributed by atoms with van der Waals surface area (Å²) in [5.41, 5.74) is 2.30. The van der Waals surface area contributed by atoms with E-state index in [1.165, 1.54) is 6.26 Å². The van der Waals surface area contributed by atoms with Crippen LogP contribution in [-0.2, 0) is 11.3 Å². The van der Waals surface area contributed by atoms with Crippen molar-refractivity contribution in [2.24, 2.45) is 0 Å². The first-order chi connectivity index (χ1) is 15.0. The Kier molecular flexibility index (Phi) is 5.94.